The summed E-state index contributed by atoms with van der Waals surface area (Å²) in [5, 5.41) is 11.8. The summed E-state index contributed by atoms with van der Waals surface area (Å²) in [5.41, 5.74) is 0.450. The first-order chi connectivity index (χ1) is 12.0. The van der Waals surface area contributed by atoms with Gasteiger partial charge in [-0.05, 0) is 37.8 Å². The fourth-order valence-electron chi connectivity index (χ4n) is 2.51. The Morgan fingerprint density at radius 3 is 2.68 bits per heavy atom. The highest BCUT2D eigenvalue weighted by atomic mass is 32.2. The van der Waals surface area contributed by atoms with Crippen LogP contribution in [0.2, 0.25) is 0 Å². The molecule has 1 saturated carbocycles. The van der Waals surface area contributed by atoms with E-state index in [0.29, 0.717) is 29.0 Å². The van der Waals surface area contributed by atoms with E-state index in [1.54, 1.807) is 18.2 Å². The Morgan fingerprint density at radius 2 is 2.04 bits per heavy atom. The molecule has 0 spiro atoms. The highest BCUT2D eigenvalue weighted by Gasteiger charge is 2.32. The summed E-state index contributed by atoms with van der Waals surface area (Å²) in [6, 6.07) is 6.88. The number of halogens is 1. The molecule has 0 saturated heterocycles. The van der Waals surface area contributed by atoms with Crippen molar-refractivity contribution in [2.24, 2.45) is 5.92 Å². The molecule has 3 rings (SSSR count). The number of carbonyl (C=O) groups is 1. The summed E-state index contributed by atoms with van der Waals surface area (Å²) in [5.74, 6) is 0.620. The quantitative estimate of drug-likeness (QED) is 0.764. The Balaban J connectivity index is 1.81. The minimum Gasteiger partial charge on any atom is -0.355 e. The van der Waals surface area contributed by atoms with Gasteiger partial charge in [0.05, 0.1) is 10.8 Å². The van der Waals surface area contributed by atoms with E-state index in [9.17, 15) is 9.18 Å². The van der Waals surface area contributed by atoms with Gasteiger partial charge in [-0.25, -0.2) is 4.39 Å². The Morgan fingerprint density at radius 1 is 1.32 bits per heavy atom. The zero-order valence-corrected chi connectivity index (χ0v) is 15.5. The lowest BCUT2D eigenvalue weighted by Crippen LogP contribution is -2.33. The summed E-state index contributed by atoms with van der Waals surface area (Å²) in [4.78, 5) is 12.2. The average molecular weight is 362 g/mol. The smallest absolute Gasteiger partial charge is 0.233 e. The zero-order valence-electron chi connectivity index (χ0n) is 14.7. The summed E-state index contributed by atoms with van der Waals surface area (Å²) in [7, 11) is 0. The van der Waals surface area contributed by atoms with Gasteiger partial charge >= 0.3 is 0 Å². The number of hydrogen-bond acceptors (Lipinski definition) is 4. The zero-order chi connectivity index (χ0) is 18.0. The Labute approximate surface area is 151 Å². The second-order valence-corrected chi connectivity index (χ2v) is 8.09. The van der Waals surface area contributed by atoms with Crippen LogP contribution in [0.5, 0.6) is 0 Å². The number of nitrogens with one attached hydrogen (secondary N) is 1. The van der Waals surface area contributed by atoms with Crippen LogP contribution >= 0.6 is 11.8 Å². The molecule has 5 nitrogen and oxygen atoms in total. The molecular weight excluding hydrogens is 339 g/mol. The van der Waals surface area contributed by atoms with E-state index in [0.717, 1.165) is 12.8 Å². The van der Waals surface area contributed by atoms with Gasteiger partial charge in [0.2, 0.25) is 5.91 Å². The van der Waals surface area contributed by atoms with Gasteiger partial charge in [-0.15, -0.1) is 10.2 Å². The van der Waals surface area contributed by atoms with Crippen molar-refractivity contribution < 1.29 is 9.18 Å². The van der Waals surface area contributed by atoms with Gasteiger partial charge in [0, 0.05) is 12.6 Å². The Bertz CT molecular complexity index is 757. The lowest BCUT2D eigenvalue weighted by atomic mass is 10.2. The molecule has 0 radical (unpaired) electrons. The second-order valence-electron chi connectivity index (χ2n) is 6.79. The van der Waals surface area contributed by atoms with Gasteiger partial charge in [0.25, 0.3) is 0 Å². The van der Waals surface area contributed by atoms with Crippen LogP contribution in [-0.4, -0.2) is 32.5 Å². The normalized spacial score (nSPS) is 15.4. The molecule has 1 N–H and O–H groups in total. The maximum atomic E-state index is 14.2. The highest BCUT2D eigenvalue weighted by Crippen LogP contribution is 2.42. The number of rotatable bonds is 7. The van der Waals surface area contributed by atoms with Crippen LogP contribution in [0.25, 0.3) is 11.4 Å². The van der Waals surface area contributed by atoms with Crippen molar-refractivity contribution in [1.82, 2.24) is 20.1 Å². The standard InChI is InChI=1S/C18H23FN4OS/c1-11(2)10-20-17(24)12(3)25-18-22-21-16(23(18)13-8-9-13)14-6-4-5-7-15(14)19/h4-7,11-13H,8-10H2,1-3H3,(H,20,24)/t12-/m1/s1. The van der Waals surface area contributed by atoms with Crippen LogP contribution in [0.15, 0.2) is 29.4 Å². The van der Waals surface area contributed by atoms with Crippen LogP contribution in [0.4, 0.5) is 4.39 Å². The lowest BCUT2D eigenvalue weighted by molar-refractivity contribution is -0.120. The van der Waals surface area contributed by atoms with Crippen molar-refractivity contribution in [2.75, 3.05) is 6.54 Å². The molecule has 1 fully saturated rings. The van der Waals surface area contributed by atoms with Crippen molar-refractivity contribution in [3.8, 4) is 11.4 Å². The number of nitrogens with zero attached hydrogens (tertiary/aromatic N) is 3. The van der Waals surface area contributed by atoms with E-state index in [4.69, 9.17) is 0 Å². The van der Waals surface area contributed by atoms with Crippen molar-refractivity contribution in [1.29, 1.82) is 0 Å². The predicted molar refractivity (Wildman–Crippen MR) is 96.9 cm³/mol. The van der Waals surface area contributed by atoms with Gasteiger partial charge in [0.1, 0.15) is 5.82 Å². The van der Waals surface area contributed by atoms with Crippen molar-refractivity contribution in [2.45, 2.75) is 50.1 Å². The molecule has 1 atom stereocenters. The van der Waals surface area contributed by atoms with Gasteiger partial charge in [-0.1, -0.05) is 37.7 Å². The average Bonchev–Trinajstić information content (AvgIpc) is 3.34. The maximum absolute atomic E-state index is 14.2. The first-order valence-corrected chi connectivity index (χ1v) is 9.49. The summed E-state index contributed by atoms with van der Waals surface area (Å²) < 4.78 is 16.1. The first-order valence-electron chi connectivity index (χ1n) is 8.61. The fraction of sp³-hybridized carbons (Fsp3) is 0.500. The van der Waals surface area contributed by atoms with Crippen molar-refractivity contribution >= 4 is 17.7 Å². The molecule has 0 aliphatic heterocycles. The van der Waals surface area contributed by atoms with Crippen LogP contribution in [0.1, 0.15) is 39.7 Å². The van der Waals surface area contributed by atoms with Gasteiger partial charge < -0.3 is 5.32 Å². The topological polar surface area (TPSA) is 59.8 Å². The van der Waals surface area contributed by atoms with Crippen molar-refractivity contribution in [3.63, 3.8) is 0 Å². The van der Waals surface area contributed by atoms with Crippen molar-refractivity contribution in [3.05, 3.63) is 30.1 Å². The second kappa shape index (κ2) is 7.56. The molecule has 134 valence electrons. The van der Waals surface area contributed by atoms with Crippen LogP contribution in [0.3, 0.4) is 0 Å². The van der Waals surface area contributed by atoms with Crippen LogP contribution in [0, 0.1) is 11.7 Å². The SMILES string of the molecule is CC(C)CNC(=O)[C@@H](C)Sc1nnc(-c2ccccc2F)n1C1CC1. The molecule has 7 heteroatoms. The third kappa shape index (κ3) is 4.21. The largest absolute Gasteiger partial charge is 0.355 e. The number of benzene rings is 1. The molecule has 0 bridgehead atoms. The van der Waals surface area contributed by atoms with Crippen LogP contribution in [-0.2, 0) is 4.79 Å². The van der Waals surface area contributed by atoms with Gasteiger partial charge in [0.15, 0.2) is 11.0 Å². The molecule has 1 aliphatic carbocycles. The minimum absolute atomic E-state index is 0.0171. The highest BCUT2D eigenvalue weighted by molar-refractivity contribution is 8.00. The number of amides is 1. The van der Waals surface area contributed by atoms with E-state index < -0.39 is 0 Å². The third-order valence-electron chi connectivity index (χ3n) is 4.03. The molecule has 25 heavy (non-hydrogen) atoms. The Kier molecular flexibility index (Phi) is 5.42. The number of thioether (sulfide) groups is 1. The van der Waals surface area contributed by atoms with Crippen LogP contribution < -0.4 is 5.32 Å². The molecule has 2 aromatic rings. The molecule has 1 aliphatic rings. The molecule has 1 heterocycles. The fourth-order valence-corrected chi connectivity index (χ4v) is 3.45. The van der Waals surface area contributed by atoms with E-state index in [2.05, 4.69) is 29.4 Å². The molecule has 1 aromatic heterocycles. The predicted octanol–water partition coefficient (Wildman–Crippen LogP) is 3.67. The Hall–Kier alpha value is -1.89. The molecule has 1 amide bonds. The molecular formula is C18H23FN4OS. The summed E-state index contributed by atoms with van der Waals surface area (Å²) in [6.45, 7) is 6.62. The van der Waals surface area contributed by atoms with E-state index in [1.165, 1.54) is 17.8 Å². The van der Waals surface area contributed by atoms with Gasteiger partial charge in [-0.2, -0.15) is 0 Å². The number of hydrogen-bond donors (Lipinski definition) is 1. The summed E-state index contributed by atoms with van der Waals surface area (Å²) >= 11 is 1.37. The van der Waals surface area contributed by atoms with E-state index in [-0.39, 0.29) is 23.0 Å². The van der Waals surface area contributed by atoms with E-state index >= 15 is 0 Å². The maximum Gasteiger partial charge on any atom is 0.233 e. The monoisotopic (exact) mass is 362 g/mol. The molecule has 1 aromatic carbocycles. The molecule has 0 unspecified atom stereocenters. The lowest BCUT2D eigenvalue weighted by Gasteiger charge is -2.14. The summed E-state index contributed by atoms with van der Waals surface area (Å²) in [6.07, 6.45) is 2.06. The van der Waals surface area contributed by atoms with E-state index in [1.807, 2.05) is 11.5 Å². The number of carbonyl (C=O) groups excluding carboxylic acids is 1. The van der Waals surface area contributed by atoms with Gasteiger partial charge in [-0.3, -0.25) is 9.36 Å². The third-order valence-corrected chi connectivity index (χ3v) is 5.08. The number of aromatic nitrogens is 3. The first kappa shape index (κ1) is 17.9. The minimum atomic E-state index is -0.309.